The Kier molecular flexibility index (Phi) is 7.99. The summed E-state index contributed by atoms with van der Waals surface area (Å²) in [5.74, 6) is 0.530. The molecular weight excluding hydrogens is 495 g/mol. The standard InChI is InChI=1S/C32H31O5P/c1-19-15-21(3)29(22(4)16-19)31(33)25-7-11-27(12-8-25)36-38(35)37-28-13-9-26(10-14-28)32(34)30-23(5)17-20(2)18-24(30)6/h7-18,38H,1-6H3. The average Bonchev–Trinajstić information content (AvgIpc) is 2.83. The molecule has 0 N–H and O–H groups in total. The normalized spacial score (nSPS) is 10.9. The van der Waals surface area contributed by atoms with E-state index >= 15 is 0 Å². The molecule has 0 unspecified atom stereocenters. The van der Waals surface area contributed by atoms with E-state index in [2.05, 4.69) is 0 Å². The topological polar surface area (TPSA) is 69.7 Å². The van der Waals surface area contributed by atoms with E-state index in [4.69, 9.17) is 9.05 Å². The molecule has 0 aliphatic rings. The van der Waals surface area contributed by atoms with Crippen molar-refractivity contribution in [3.8, 4) is 11.5 Å². The predicted octanol–water partition coefficient (Wildman–Crippen LogP) is 7.85. The highest BCUT2D eigenvalue weighted by molar-refractivity contribution is 7.34. The second-order valence-electron chi connectivity index (χ2n) is 9.71. The molecular formula is C32H31O5P. The number of carbonyl (C=O) groups is 2. The Labute approximate surface area is 224 Å². The minimum absolute atomic E-state index is 0.0684. The van der Waals surface area contributed by atoms with E-state index in [9.17, 15) is 14.2 Å². The van der Waals surface area contributed by atoms with Gasteiger partial charge in [0, 0.05) is 22.3 Å². The molecule has 0 aliphatic carbocycles. The number of hydrogen-bond donors (Lipinski definition) is 0. The van der Waals surface area contributed by atoms with Crippen molar-refractivity contribution in [2.24, 2.45) is 0 Å². The summed E-state index contributed by atoms with van der Waals surface area (Å²) in [6.45, 7) is 11.7. The monoisotopic (exact) mass is 526 g/mol. The van der Waals surface area contributed by atoms with Gasteiger partial charge in [-0.2, -0.15) is 0 Å². The summed E-state index contributed by atoms with van der Waals surface area (Å²) in [5.41, 5.74) is 8.38. The van der Waals surface area contributed by atoms with Crippen LogP contribution < -0.4 is 9.05 Å². The first-order valence-electron chi connectivity index (χ1n) is 12.4. The van der Waals surface area contributed by atoms with Crippen molar-refractivity contribution in [2.75, 3.05) is 0 Å². The maximum atomic E-state index is 13.0. The lowest BCUT2D eigenvalue weighted by atomic mass is 9.93. The van der Waals surface area contributed by atoms with E-state index < -0.39 is 8.25 Å². The molecule has 0 saturated carbocycles. The molecule has 0 heterocycles. The SMILES string of the molecule is Cc1cc(C)c(C(=O)c2ccc(O[PH](=O)Oc3ccc(C(=O)c4c(C)cc(C)cc4C)cc3)cc2)c(C)c1. The quantitative estimate of drug-likeness (QED) is 0.173. The summed E-state index contributed by atoms with van der Waals surface area (Å²) in [7, 11) is -2.92. The molecule has 0 atom stereocenters. The minimum Gasteiger partial charge on any atom is -0.418 e. The van der Waals surface area contributed by atoms with Crippen LogP contribution in [0.4, 0.5) is 0 Å². The summed E-state index contributed by atoms with van der Waals surface area (Å²) < 4.78 is 23.4. The summed E-state index contributed by atoms with van der Waals surface area (Å²) in [6, 6.07) is 21.0. The highest BCUT2D eigenvalue weighted by Crippen LogP contribution is 2.32. The predicted molar refractivity (Wildman–Crippen MR) is 151 cm³/mol. The third kappa shape index (κ3) is 5.95. The van der Waals surface area contributed by atoms with Crippen LogP contribution in [0.2, 0.25) is 0 Å². The van der Waals surface area contributed by atoms with Crippen LogP contribution in [-0.4, -0.2) is 11.6 Å². The van der Waals surface area contributed by atoms with Crippen molar-refractivity contribution in [3.05, 3.63) is 128 Å². The van der Waals surface area contributed by atoms with Gasteiger partial charge in [-0.1, -0.05) is 35.4 Å². The maximum absolute atomic E-state index is 13.0. The number of ketones is 2. The second-order valence-corrected chi connectivity index (χ2v) is 10.6. The van der Waals surface area contributed by atoms with Crippen molar-refractivity contribution in [1.82, 2.24) is 0 Å². The van der Waals surface area contributed by atoms with Gasteiger partial charge >= 0.3 is 8.25 Å². The Morgan fingerprint density at radius 2 is 0.816 bits per heavy atom. The molecule has 0 aromatic heterocycles. The van der Waals surface area contributed by atoms with E-state index in [-0.39, 0.29) is 11.6 Å². The summed E-state index contributed by atoms with van der Waals surface area (Å²) in [4.78, 5) is 26.1. The van der Waals surface area contributed by atoms with Crippen LogP contribution in [0, 0.1) is 41.5 Å². The fourth-order valence-corrected chi connectivity index (χ4v) is 5.63. The molecule has 4 aromatic carbocycles. The van der Waals surface area contributed by atoms with Crippen LogP contribution in [0.5, 0.6) is 11.5 Å². The van der Waals surface area contributed by atoms with Gasteiger partial charge in [0.15, 0.2) is 11.6 Å². The molecule has 194 valence electrons. The van der Waals surface area contributed by atoms with Crippen LogP contribution in [0.25, 0.3) is 0 Å². The molecule has 5 nitrogen and oxygen atoms in total. The zero-order valence-corrected chi connectivity index (χ0v) is 23.5. The molecule has 0 radical (unpaired) electrons. The van der Waals surface area contributed by atoms with Crippen molar-refractivity contribution < 1.29 is 23.2 Å². The van der Waals surface area contributed by atoms with Gasteiger partial charge in [0.05, 0.1) is 0 Å². The Balaban J connectivity index is 1.40. The van der Waals surface area contributed by atoms with E-state index in [1.54, 1.807) is 48.5 Å². The molecule has 0 bridgehead atoms. The smallest absolute Gasteiger partial charge is 0.418 e. The fraction of sp³-hybridized carbons (Fsp3) is 0.188. The highest BCUT2D eigenvalue weighted by atomic mass is 31.1. The largest absolute Gasteiger partial charge is 0.418 e. The molecule has 0 saturated heterocycles. The van der Waals surface area contributed by atoms with Gasteiger partial charge in [0.25, 0.3) is 0 Å². The fourth-order valence-electron chi connectivity index (χ4n) is 4.93. The number of benzene rings is 4. The second kappa shape index (κ2) is 11.2. The molecule has 0 fully saturated rings. The molecule has 0 amide bonds. The zero-order chi connectivity index (χ0) is 27.6. The third-order valence-corrected chi connectivity index (χ3v) is 7.25. The van der Waals surface area contributed by atoms with Gasteiger partial charge in [0.2, 0.25) is 0 Å². The zero-order valence-electron chi connectivity index (χ0n) is 22.5. The van der Waals surface area contributed by atoms with Gasteiger partial charge < -0.3 is 9.05 Å². The van der Waals surface area contributed by atoms with Crippen LogP contribution in [-0.2, 0) is 4.57 Å². The van der Waals surface area contributed by atoms with E-state index in [0.29, 0.717) is 33.8 Å². The summed E-state index contributed by atoms with van der Waals surface area (Å²) in [5, 5.41) is 0. The number of aryl methyl sites for hydroxylation is 6. The highest BCUT2D eigenvalue weighted by Gasteiger charge is 2.17. The molecule has 4 rings (SSSR count). The van der Waals surface area contributed by atoms with Crippen molar-refractivity contribution >= 4 is 19.8 Å². The number of hydrogen-bond acceptors (Lipinski definition) is 5. The summed E-state index contributed by atoms with van der Waals surface area (Å²) >= 11 is 0. The Morgan fingerprint density at radius 1 is 0.526 bits per heavy atom. The molecule has 6 heteroatoms. The van der Waals surface area contributed by atoms with Gasteiger partial charge in [-0.15, -0.1) is 0 Å². The molecule has 0 spiro atoms. The maximum Gasteiger partial charge on any atom is 0.418 e. The molecule has 4 aromatic rings. The lowest BCUT2D eigenvalue weighted by Crippen LogP contribution is -2.07. The lowest BCUT2D eigenvalue weighted by Gasteiger charge is -2.12. The number of rotatable bonds is 8. The van der Waals surface area contributed by atoms with Crippen molar-refractivity contribution in [2.45, 2.75) is 41.5 Å². The van der Waals surface area contributed by atoms with Crippen LogP contribution in [0.1, 0.15) is 65.2 Å². The van der Waals surface area contributed by atoms with Gasteiger partial charge in [-0.25, -0.2) is 4.57 Å². The van der Waals surface area contributed by atoms with Crippen molar-refractivity contribution in [3.63, 3.8) is 0 Å². The Morgan fingerprint density at radius 3 is 1.11 bits per heavy atom. The lowest BCUT2D eigenvalue weighted by molar-refractivity contribution is 0.102. The molecule has 38 heavy (non-hydrogen) atoms. The molecule has 0 aliphatic heterocycles. The van der Waals surface area contributed by atoms with E-state index in [1.165, 1.54) is 0 Å². The van der Waals surface area contributed by atoms with Crippen molar-refractivity contribution in [1.29, 1.82) is 0 Å². The van der Waals surface area contributed by atoms with Crippen LogP contribution >= 0.6 is 8.25 Å². The third-order valence-electron chi connectivity index (χ3n) is 6.44. The minimum atomic E-state index is -2.92. The summed E-state index contributed by atoms with van der Waals surface area (Å²) in [6.07, 6.45) is 0. The van der Waals surface area contributed by atoms with Gasteiger partial charge in [-0.05, 0) is 112 Å². The Bertz CT molecular complexity index is 1390. The van der Waals surface area contributed by atoms with Gasteiger partial charge in [-0.3, -0.25) is 9.59 Å². The van der Waals surface area contributed by atoms with Crippen LogP contribution in [0.3, 0.4) is 0 Å². The Hall–Kier alpha value is -3.95. The van der Waals surface area contributed by atoms with E-state index in [1.807, 2.05) is 65.8 Å². The average molecular weight is 527 g/mol. The van der Waals surface area contributed by atoms with Crippen LogP contribution in [0.15, 0.2) is 72.8 Å². The number of carbonyl (C=O) groups excluding carboxylic acids is 2. The first-order valence-corrected chi connectivity index (χ1v) is 13.6. The van der Waals surface area contributed by atoms with E-state index in [0.717, 1.165) is 33.4 Å². The van der Waals surface area contributed by atoms with Gasteiger partial charge in [0.1, 0.15) is 11.5 Å². The first-order chi connectivity index (χ1) is 18.0. The first kappa shape index (κ1) is 27.1.